The van der Waals surface area contributed by atoms with Crippen LogP contribution in [0.2, 0.25) is 0 Å². The highest BCUT2D eigenvalue weighted by Gasteiger charge is 2.47. The zero-order valence-electron chi connectivity index (χ0n) is 20.1. The van der Waals surface area contributed by atoms with E-state index in [1.807, 2.05) is 13.8 Å². The lowest BCUT2D eigenvalue weighted by molar-refractivity contribution is -0.151. The van der Waals surface area contributed by atoms with E-state index in [1.165, 1.54) is 20.3 Å². The van der Waals surface area contributed by atoms with Crippen LogP contribution in [0.4, 0.5) is 0 Å². The number of ether oxygens (including phenoxy) is 4. The molecule has 1 aliphatic heterocycles. The Labute approximate surface area is 198 Å². The van der Waals surface area contributed by atoms with Crippen LogP contribution < -0.4 is 10.1 Å². The van der Waals surface area contributed by atoms with Crippen molar-refractivity contribution in [1.82, 2.24) is 5.32 Å². The van der Waals surface area contributed by atoms with E-state index in [9.17, 15) is 19.5 Å². The smallest absolute Gasteiger partial charge is 0.336 e. The summed E-state index contributed by atoms with van der Waals surface area (Å²) in [6, 6.07) is 4.64. The van der Waals surface area contributed by atoms with Crippen LogP contribution in [-0.4, -0.2) is 56.9 Å². The number of carbonyl (C=O) groups excluding carboxylic acids is 3. The van der Waals surface area contributed by atoms with E-state index in [0.717, 1.165) is 0 Å². The lowest BCUT2D eigenvalue weighted by Crippen LogP contribution is -2.43. The van der Waals surface area contributed by atoms with Crippen LogP contribution in [-0.2, 0) is 28.6 Å². The number of rotatable bonds is 8. The Balaban J connectivity index is 2.12. The minimum absolute atomic E-state index is 0.0523. The molecule has 0 aromatic heterocycles. The van der Waals surface area contributed by atoms with Crippen molar-refractivity contribution in [2.75, 3.05) is 34.0 Å². The summed E-state index contributed by atoms with van der Waals surface area (Å²) in [4.78, 5) is 39.4. The molecule has 1 heterocycles. The van der Waals surface area contributed by atoms with Crippen LogP contribution in [0.1, 0.15) is 38.7 Å². The molecule has 0 saturated heterocycles. The molecule has 0 amide bonds. The summed E-state index contributed by atoms with van der Waals surface area (Å²) in [5.41, 5.74) is 2.30. The molecule has 1 aromatic rings. The van der Waals surface area contributed by atoms with Gasteiger partial charge in [0.25, 0.3) is 0 Å². The first kappa shape index (κ1) is 25.3. The van der Waals surface area contributed by atoms with E-state index >= 15 is 0 Å². The van der Waals surface area contributed by atoms with E-state index in [0.29, 0.717) is 35.6 Å². The number of hydrogen-bond donors (Lipinski definition) is 2. The number of carbonyl (C=O) groups is 3. The number of Topliss-reactive ketones (excluding diaryl/α,β-unsaturated/α-hetero) is 1. The molecule has 34 heavy (non-hydrogen) atoms. The van der Waals surface area contributed by atoms with Crippen LogP contribution in [0, 0.1) is 11.8 Å². The predicted octanol–water partition coefficient (Wildman–Crippen LogP) is 2.59. The minimum Gasteiger partial charge on any atom is -0.504 e. The first-order valence-electron chi connectivity index (χ1n) is 11.2. The Morgan fingerprint density at radius 1 is 1.21 bits per heavy atom. The van der Waals surface area contributed by atoms with Gasteiger partial charge in [0.2, 0.25) is 0 Å². The third-order valence-corrected chi connectivity index (χ3v) is 6.17. The summed E-state index contributed by atoms with van der Waals surface area (Å²) in [6.07, 6.45) is 0.427. The molecule has 0 unspecified atom stereocenters. The number of methoxy groups -OCH3 is 2. The normalized spacial score (nSPS) is 22.1. The van der Waals surface area contributed by atoms with Crippen LogP contribution in [0.5, 0.6) is 11.5 Å². The van der Waals surface area contributed by atoms with E-state index < -0.39 is 29.6 Å². The maximum Gasteiger partial charge on any atom is 0.336 e. The Hall–Kier alpha value is -3.33. The summed E-state index contributed by atoms with van der Waals surface area (Å²) in [6.45, 7) is 6.20. The fraction of sp³-hybridized carbons (Fsp3) is 0.480. The van der Waals surface area contributed by atoms with Crippen molar-refractivity contribution in [1.29, 1.82) is 0 Å². The number of benzene rings is 1. The van der Waals surface area contributed by atoms with Gasteiger partial charge in [0.05, 0.1) is 26.4 Å². The number of allylic oxidation sites excluding steroid dienone is 3. The summed E-state index contributed by atoms with van der Waals surface area (Å²) in [5.74, 6) is -3.59. The lowest BCUT2D eigenvalue weighted by Gasteiger charge is -2.38. The molecule has 0 spiro atoms. The molecule has 1 aliphatic carbocycles. The van der Waals surface area contributed by atoms with Gasteiger partial charge in [0.15, 0.2) is 17.3 Å². The molecule has 0 radical (unpaired) electrons. The van der Waals surface area contributed by atoms with Crippen molar-refractivity contribution in [3.8, 4) is 11.5 Å². The summed E-state index contributed by atoms with van der Waals surface area (Å²) >= 11 is 0. The maximum absolute atomic E-state index is 13.7. The Kier molecular flexibility index (Phi) is 7.98. The fourth-order valence-corrected chi connectivity index (χ4v) is 4.57. The number of phenolic OH excluding ortho intramolecular Hbond substituents is 1. The highest BCUT2D eigenvalue weighted by atomic mass is 16.6. The van der Waals surface area contributed by atoms with Gasteiger partial charge in [-0.1, -0.05) is 13.0 Å². The van der Waals surface area contributed by atoms with E-state index in [-0.39, 0.29) is 36.2 Å². The van der Waals surface area contributed by atoms with Gasteiger partial charge in [-0.05, 0) is 43.9 Å². The van der Waals surface area contributed by atoms with Crippen molar-refractivity contribution in [2.24, 2.45) is 11.8 Å². The third kappa shape index (κ3) is 4.79. The number of hydrogen-bond acceptors (Lipinski definition) is 9. The van der Waals surface area contributed by atoms with Gasteiger partial charge in [-0.2, -0.15) is 0 Å². The first-order valence-corrected chi connectivity index (χ1v) is 11.2. The van der Waals surface area contributed by atoms with Crippen molar-refractivity contribution in [2.45, 2.75) is 33.1 Å². The molecule has 2 N–H and O–H groups in total. The largest absolute Gasteiger partial charge is 0.504 e. The van der Waals surface area contributed by atoms with Crippen LogP contribution in [0.25, 0.3) is 0 Å². The number of dihydropyridines is 1. The molecule has 3 rings (SSSR count). The number of esters is 2. The van der Waals surface area contributed by atoms with Gasteiger partial charge < -0.3 is 29.4 Å². The number of phenols is 1. The van der Waals surface area contributed by atoms with Crippen molar-refractivity contribution < 1.29 is 38.4 Å². The average Bonchev–Trinajstić information content (AvgIpc) is 2.81. The quantitative estimate of drug-likeness (QED) is 0.333. The zero-order valence-corrected chi connectivity index (χ0v) is 20.1. The van der Waals surface area contributed by atoms with Gasteiger partial charge in [-0.3, -0.25) is 9.59 Å². The van der Waals surface area contributed by atoms with Gasteiger partial charge in [0.1, 0.15) is 12.5 Å². The lowest BCUT2D eigenvalue weighted by atomic mass is 9.69. The van der Waals surface area contributed by atoms with Crippen LogP contribution in [0.15, 0.2) is 40.7 Å². The summed E-state index contributed by atoms with van der Waals surface area (Å²) < 4.78 is 20.9. The second-order valence-corrected chi connectivity index (χ2v) is 8.30. The molecule has 9 nitrogen and oxygen atoms in total. The third-order valence-electron chi connectivity index (χ3n) is 6.17. The number of ketones is 1. The Bertz CT molecular complexity index is 1040. The Morgan fingerprint density at radius 3 is 2.59 bits per heavy atom. The SMILES string of the molecule is CCOCCOC(=O)C1=C(C)NC2=C(C(=O)[C@@H](C(=O)OC)[C@H](C)C2)[C@H]1c1ccc(O)c(OC)c1. The van der Waals surface area contributed by atoms with E-state index in [2.05, 4.69) is 5.32 Å². The highest BCUT2D eigenvalue weighted by molar-refractivity contribution is 6.12. The zero-order chi connectivity index (χ0) is 25.0. The predicted molar refractivity (Wildman–Crippen MR) is 122 cm³/mol. The molecule has 184 valence electrons. The highest BCUT2D eigenvalue weighted by Crippen LogP contribution is 2.46. The summed E-state index contributed by atoms with van der Waals surface area (Å²) in [7, 11) is 2.66. The minimum atomic E-state index is -0.985. The van der Waals surface area contributed by atoms with Crippen molar-refractivity contribution in [3.05, 3.63) is 46.3 Å². The van der Waals surface area contributed by atoms with E-state index in [1.54, 1.807) is 19.1 Å². The van der Waals surface area contributed by atoms with Gasteiger partial charge in [-0.15, -0.1) is 0 Å². The monoisotopic (exact) mass is 473 g/mol. The molecule has 0 bridgehead atoms. The average molecular weight is 474 g/mol. The van der Waals surface area contributed by atoms with Gasteiger partial charge >= 0.3 is 11.9 Å². The fourth-order valence-electron chi connectivity index (χ4n) is 4.57. The molecule has 2 aliphatic rings. The first-order chi connectivity index (χ1) is 16.2. The molecular formula is C25H31NO8. The number of aromatic hydroxyl groups is 1. The van der Waals surface area contributed by atoms with Crippen molar-refractivity contribution >= 4 is 17.7 Å². The van der Waals surface area contributed by atoms with Crippen LogP contribution >= 0.6 is 0 Å². The summed E-state index contributed by atoms with van der Waals surface area (Å²) in [5, 5.41) is 13.3. The number of nitrogens with one attached hydrogen (secondary N) is 1. The van der Waals surface area contributed by atoms with Gasteiger partial charge in [-0.25, -0.2) is 4.79 Å². The standard InChI is InChI=1S/C25H31NO8/c1-6-33-9-10-34-25(30)20-14(3)26-16-11-13(2)19(24(29)32-5)23(28)22(16)21(20)15-7-8-17(27)18(12-15)31-4/h7-8,12-13,19,21,26-27H,6,9-11H2,1-5H3/t13-,19+,21+/m1/s1. The maximum atomic E-state index is 13.7. The topological polar surface area (TPSA) is 120 Å². The molecule has 0 fully saturated rings. The second-order valence-electron chi connectivity index (χ2n) is 8.30. The molecule has 1 aromatic carbocycles. The molecular weight excluding hydrogens is 442 g/mol. The molecule has 9 heteroatoms. The Morgan fingerprint density at radius 2 is 1.94 bits per heavy atom. The second kappa shape index (κ2) is 10.7. The van der Waals surface area contributed by atoms with Crippen molar-refractivity contribution in [3.63, 3.8) is 0 Å². The van der Waals surface area contributed by atoms with Crippen LogP contribution in [0.3, 0.4) is 0 Å². The molecule has 3 atom stereocenters. The molecule has 0 saturated carbocycles. The van der Waals surface area contributed by atoms with Gasteiger partial charge in [0, 0.05) is 29.5 Å². The van der Waals surface area contributed by atoms with E-state index in [4.69, 9.17) is 18.9 Å².